The molecule has 2 N–H and O–H groups in total. The van der Waals surface area contributed by atoms with Crippen LogP contribution in [0, 0.1) is 0 Å². The van der Waals surface area contributed by atoms with Crippen molar-refractivity contribution in [3.8, 4) is 0 Å². The minimum absolute atomic E-state index is 0.746. The van der Waals surface area contributed by atoms with Gasteiger partial charge >= 0.3 is 10.3 Å². The smallest absolute Gasteiger partial charge is 0.333 e. The maximum atomic E-state index is 11.4. The first kappa shape index (κ1) is 7.28. The fourth-order valence-corrected chi connectivity index (χ4v) is 2.85. The SMILES string of the molecule is [2H]C([2H])([2H])C1(C([2H])([2H])[2H])OC2CO[C@@]3(COS(N)(=O)=O)OC(C([2H])([2H])[2H])(C([2H])([2H])[2H])OC3C2O1. The van der Waals surface area contributed by atoms with Crippen molar-refractivity contribution in [2.24, 2.45) is 5.14 Å². The molecular formula is C12H21NO8S. The molecule has 0 saturated carbocycles. The maximum absolute atomic E-state index is 11.4. The van der Waals surface area contributed by atoms with Crippen molar-refractivity contribution in [3.63, 3.8) is 0 Å². The van der Waals surface area contributed by atoms with Crippen LogP contribution in [-0.4, -0.2) is 57.3 Å². The van der Waals surface area contributed by atoms with Gasteiger partial charge in [0, 0.05) is 16.4 Å². The van der Waals surface area contributed by atoms with Crippen LogP contribution in [0.3, 0.4) is 0 Å². The van der Waals surface area contributed by atoms with Crippen LogP contribution >= 0.6 is 0 Å². The number of ether oxygens (including phenoxy) is 5. The second-order valence-electron chi connectivity index (χ2n) is 4.99. The van der Waals surface area contributed by atoms with Crippen molar-refractivity contribution in [1.29, 1.82) is 0 Å². The van der Waals surface area contributed by atoms with Gasteiger partial charge in [-0.05, 0) is 27.4 Å². The predicted molar refractivity (Wildman–Crippen MR) is 71.6 cm³/mol. The van der Waals surface area contributed by atoms with Crippen LogP contribution in [0.15, 0.2) is 0 Å². The van der Waals surface area contributed by atoms with Crippen LogP contribution in [0.25, 0.3) is 0 Å². The molecule has 0 aromatic rings. The first-order valence-electron chi connectivity index (χ1n) is 12.0. The maximum Gasteiger partial charge on any atom is 0.333 e. The Balaban J connectivity index is 2.14. The fourth-order valence-electron chi connectivity index (χ4n) is 2.52. The Hall–Kier alpha value is -0.330. The Morgan fingerprint density at radius 2 is 1.95 bits per heavy atom. The summed E-state index contributed by atoms with van der Waals surface area (Å²) in [5, 5.41) is 4.81. The molecule has 0 bridgehead atoms. The molecule has 10 heteroatoms. The first-order valence-corrected chi connectivity index (χ1v) is 7.43. The van der Waals surface area contributed by atoms with Crippen molar-refractivity contribution in [3.05, 3.63) is 0 Å². The summed E-state index contributed by atoms with van der Waals surface area (Å²) in [4.78, 5) is 0. The molecule has 3 aliphatic rings. The van der Waals surface area contributed by atoms with Gasteiger partial charge in [-0.1, -0.05) is 0 Å². The second-order valence-corrected chi connectivity index (χ2v) is 6.21. The molecule has 0 aromatic heterocycles. The summed E-state index contributed by atoms with van der Waals surface area (Å²) in [6.45, 7) is -15.9. The van der Waals surface area contributed by atoms with E-state index in [2.05, 4.69) is 4.18 Å². The average Bonchev–Trinajstić information content (AvgIpc) is 3.15. The van der Waals surface area contributed by atoms with Gasteiger partial charge in [0.15, 0.2) is 11.6 Å². The van der Waals surface area contributed by atoms with E-state index in [9.17, 15) is 8.42 Å². The van der Waals surface area contributed by atoms with Gasteiger partial charge in [0.2, 0.25) is 5.79 Å². The molecule has 0 aromatic carbocycles. The molecule has 9 nitrogen and oxygen atoms in total. The van der Waals surface area contributed by atoms with Crippen molar-refractivity contribution in [2.75, 3.05) is 13.2 Å². The van der Waals surface area contributed by atoms with Crippen LogP contribution in [-0.2, 0) is 38.2 Å². The number of rotatable bonds is 3. The van der Waals surface area contributed by atoms with E-state index < -0.39 is 86.6 Å². The average molecular weight is 351 g/mol. The second kappa shape index (κ2) is 4.84. The van der Waals surface area contributed by atoms with Crippen LogP contribution in [0.2, 0.25) is 0 Å². The van der Waals surface area contributed by atoms with Gasteiger partial charge in [-0.15, -0.1) is 0 Å². The van der Waals surface area contributed by atoms with Gasteiger partial charge < -0.3 is 23.7 Å². The lowest BCUT2D eigenvalue weighted by atomic mass is 9.98. The predicted octanol–water partition coefficient (Wildman–Crippen LogP) is -0.395. The van der Waals surface area contributed by atoms with E-state index in [1.165, 1.54) is 0 Å². The van der Waals surface area contributed by atoms with E-state index in [0.29, 0.717) is 0 Å². The van der Waals surface area contributed by atoms with Gasteiger partial charge in [-0.25, -0.2) is 5.14 Å². The largest absolute Gasteiger partial charge is 0.343 e. The van der Waals surface area contributed by atoms with E-state index in [1.54, 1.807) is 0 Å². The number of hydrogen-bond acceptors (Lipinski definition) is 8. The van der Waals surface area contributed by atoms with Gasteiger partial charge in [0.25, 0.3) is 0 Å². The summed E-state index contributed by atoms with van der Waals surface area (Å²) < 4.78 is 146. The molecule has 3 fully saturated rings. The Morgan fingerprint density at radius 1 is 1.23 bits per heavy atom. The van der Waals surface area contributed by atoms with Crippen LogP contribution in [0.5, 0.6) is 0 Å². The van der Waals surface area contributed by atoms with E-state index in [-0.39, 0.29) is 0 Å². The molecular weight excluding hydrogens is 318 g/mol. The van der Waals surface area contributed by atoms with Gasteiger partial charge in [-0.3, -0.25) is 4.18 Å². The minimum Gasteiger partial charge on any atom is -0.343 e. The molecule has 0 amide bonds. The van der Waals surface area contributed by atoms with Crippen molar-refractivity contribution in [1.82, 2.24) is 0 Å². The third-order valence-corrected chi connectivity index (χ3v) is 3.69. The highest BCUT2D eigenvalue weighted by atomic mass is 32.2. The van der Waals surface area contributed by atoms with Gasteiger partial charge in [-0.2, -0.15) is 8.42 Å². The third-order valence-electron chi connectivity index (χ3n) is 3.24. The highest BCUT2D eigenvalue weighted by Gasteiger charge is 2.65. The lowest BCUT2D eigenvalue weighted by molar-refractivity contribution is -0.290. The molecule has 0 aliphatic carbocycles. The van der Waals surface area contributed by atoms with E-state index in [1.807, 2.05) is 0 Å². The fraction of sp³-hybridized carbons (Fsp3) is 1.00. The number of nitrogens with two attached hydrogens (primary N) is 1. The van der Waals surface area contributed by atoms with E-state index in [0.717, 1.165) is 0 Å². The quantitative estimate of drug-likeness (QED) is 0.730. The lowest BCUT2D eigenvalue weighted by Gasteiger charge is -2.40. The zero-order valence-corrected chi connectivity index (χ0v) is 11.7. The van der Waals surface area contributed by atoms with Gasteiger partial charge in [0.1, 0.15) is 24.9 Å². The lowest BCUT2D eigenvalue weighted by Crippen LogP contribution is -2.60. The first-order chi connectivity index (χ1) is 14.9. The van der Waals surface area contributed by atoms with Crippen molar-refractivity contribution >= 4 is 10.3 Å². The number of fused-ring (bicyclic) bond motifs is 3. The van der Waals surface area contributed by atoms with Crippen molar-refractivity contribution < 1.29 is 52.7 Å². The molecule has 3 saturated heterocycles. The highest BCUT2D eigenvalue weighted by Crippen LogP contribution is 2.47. The standard InChI is InChI=1S/C12H21NO8S/c1-10(2)18-7-5-16-12(6-17-22(13,14)15)9(8(7)19-10)20-11(3,4)21-12/h7-9H,5-6H2,1-4H3,(H2,13,14,15)/t7?,8?,9?,12-/m0/s1/i1D3,2D3,3D3,4D3. The topological polar surface area (TPSA) is 116 Å². The van der Waals surface area contributed by atoms with Crippen LogP contribution in [0.4, 0.5) is 0 Å². The molecule has 3 aliphatic heterocycles. The summed E-state index contributed by atoms with van der Waals surface area (Å²) in [6.07, 6.45) is -5.37. The van der Waals surface area contributed by atoms with Gasteiger partial charge in [0.05, 0.1) is 6.61 Å². The Morgan fingerprint density at radius 3 is 2.59 bits per heavy atom. The monoisotopic (exact) mass is 351 g/mol. The molecule has 128 valence electrons. The Kier molecular flexibility index (Phi) is 1.60. The molecule has 0 spiro atoms. The van der Waals surface area contributed by atoms with Crippen molar-refractivity contribution in [2.45, 2.75) is 63.1 Å². The van der Waals surface area contributed by atoms with E-state index >= 15 is 0 Å². The number of hydrogen-bond donors (Lipinski definition) is 1. The molecule has 4 atom stereocenters. The summed E-state index contributed by atoms with van der Waals surface area (Å²) in [5.74, 6) is -9.31. The Bertz CT molecular complexity index is 886. The molecule has 3 heterocycles. The summed E-state index contributed by atoms with van der Waals surface area (Å²) >= 11 is 0. The van der Waals surface area contributed by atoms with Crippen LogP contribution in [0.1, 0.15) is 43.9 Å². The molecule has 22 heavy (non-hydrogen) atoms. The molecule has 3 unspecified atom stereocenters. The highest BCUT2D eigenvalue weighted by molar-refractivity contribution is 7.84. The third kappa shape index (κ3) is 3.02. The zero-order chi connectivity index (χ0) is 26.4. The minimum atomic E-state index is -4.72. The Labute approximate surface area is 146 Å². The zero-order valence-electron chi connectivity index (χ0n) is 22.9. The molecule has 0 radical (unpaired) electrons. The summed E-state index contributed by atoms with van der Waals surface area (Å²) in [6, 6.07) is 0. The van der Waals surface area contributed by atoms with E-state index in [4.69, 9.17) is 45.3 Å². The normalized spacial score (nSPS) is 53.2. The van der Waals surface area contributed by atoms with Crippen LogP contribution < -0.4 is 5.14 Å². The summed E-state index contributed by atoms with van der Waals surface area (Å²) in [5.41, 5.74) is 0. The summed E-state index contributed by atoms with van der Waals surface area (Å²) in [7, 11) is -4.72. The molecule has 3 rings (SSSR count).